The van der Waals surface area contributed by atoms with Crippen LogP contribution in [0.5, 0.6) is 5.75 Å². The zero-order valence-corrected chi connectivity index (χ0v) is 14.7. The number of esters is 1. The Kier molecular flexibility index (Phi) is 5.45. The fraction of sp³-hybridized carbons (Fsp3) is 0.0417. The van der Waals surface area contributed by atoms with Gasteiger partial charge in [-0.05, 0) is 47.4 Å². The molecular weight excluding hydrogens is 320 g/mol. The average Bonchev–Trinajstić information content (AvgIpc) is 2.69. The molecule has 0 saturated heterocycles. The third kappa shape index (κ3) is 4.37. The first-order valence-electron chi connectivity index (χ1n) is 8.44. The van der Waals surface area contributed by atoms with Crippen molar-refractivity contribution in [1.82, 2.24) is 0 Å². The summed E-state index contributed by atoms with van der Waals surface area (Å²) in [5.74, 6) is 0.0395. The number of hydrogen-bond acceptors (Lipinski definition) is 2. The Morgan fingerprint density at radius 1 is 0.846 bits per heavy atom. The minimum absolute atomic E-state index is 0.462. The molecule has 0 aliphatic heterocycles. The van der Waals surface area contributed by atoms with Crippen molar-refractivity contribution in [2.75, 3.05) is 0 Å². The lowest BCUT2D eigenvalue weighted by molar-refractivity contribution is -0.128. The summed E-state index contributed by atoms with van der Waals surface area (Å²) in [6.07, 6.45) is 3.32. The van der Waals surface area contributed by atoms with E-state index in [4.69, 9.17) is 4.74 Å². The number of carbonyl (C=O) groups excluding carboxylic acids is 1. The summed E-state index contributed by atoms with van der Waals surface area (Å²) in [6, 6.07) is 26.2. The van der Waals surface area contributed by atoms with Gasteiger partial charge in [0.1, 0.15) is 5.75 Å². The minimum Gasteiger partial charge on any atom is -0.423 e. The molecule has 0 spiro atoms. The smallest absolute Gasteiger partial charge is 0.335 e. The van der Waals surface area contributed by atoms with Crippen molar-refractivity contribution in [3.63, 3.8) is 0 Å². The lowest BCUT2D eigenvalue weighted by Gasteiger charge is -2.10. The van der Waals surface area contributed by atoms with Crippen LogP contribution in [0.25, 0.3) is 11.6 Å². The highest BCUT2D eigenvalue weighted by Gasteiger charge is 2.07. The van der Waals surface area contributed by atoms with Crippen LogP contribution in [0.15, 0.2) is 91.5 Å². The van der Waals surface area contributed by atoms with Crippen molar-refractivity contribution in [1.29, 1.82) is 0 Å². The van der Waals surface area contributed by atoms with E-state index < -0.39 is 5.97 Å². The normalized spacial score (nSPS) is 11.0. The number of hydrogen-bond donors (Lipinski definition) is 0. The van der Waals surface area contributed by atoms with Crippen LogP contribution >= 0.6 is 0 Å². The molecule has 0 unspecified atom stereocenters. The van der Waals surface area contributed by atoms with Gasteiger partial charge in [0.15, 0.2) is 0 Å². The van der Waals surface area contributed by atoms with Gasteiger partial charge in [0, 0.05) is 6.08 Å². The summed E-state index contributed by atoms with van der Waals surface area (Å²) < 4.78 is 5.16. The summed E-state index contributed by atoms with van der Waals surface area (Å²) in [5, 5.41) is 0. The Hall–Kier alpha value is -3.39. The van der Waals surface area contributed by atoms with Crippen LogP contribution in [0.4, 0.5) is 0 Å². The molecule has 2 heteroatoms. The molecular formula is C24H20O2. The predicted molar refractivity (Wildman–Crippen MR) is 107 cm³/mol. The van der Waals surface area contributed by atoms with Gasteiger partial charge in [-0.1, -0.05) is 78.9 Å². The molecule has 0 bridgehead atoms. The predicted octanol–water partition coefficient (Wildman–Crippen LogP) is 5.68. The molecule has 3 rings (SSSR count). The van der Waals surface area contributed by atoms with Crippen LogP contribution in [0.1, 0.15) is 22.3 Å². The lowest BCUT2D eigenvalue weighted by atomic mass is 9.95. The molecule has 0 aliphatic carbocycles. The van der Waals surface area contributed by atoms with E-state index in [1.165, 1.54) is 5.56 Å². The van der Waals surface area contributed by atoms with Crippen molar-refractivity contribution >= 4 is 17.6 Å². The summed E-state index contributed by atoms with van der Waals surface area (Å²) in [6.45, 7) is 5.49. The summed E-state index contributed by atoms with van der Waals surface area (Å²) in [4.78, 5) is 11.3. The van der Waals surface area contributed by atoms with Gasteiger partial charge in [0.2, 0.25) is 0 Å². The van der Waals surface area contributed by atoms with Gasteiger partial charge in [0.25, 0.3) is 0 Å². The monoisotopic (exact) mass is 340 g/mol. The number of ether oxygens (including phenoxy) is 1. The highest BCUT2D eigenvalue weighted by molar-refractivity contribution is 5.91. The molecule has 2 nitrogen and oxygen atoms in total. The fourth-order valence-electron chi connectivity index (χ4n) is 2.64. The molecule has 0 heterocycles. The Bertz CT molecular complexity index is 918. The van der Waals surface area contributed by atoms with Crippen molar-refractivity contribution in [2.45, 2.75) is 6.92 Å². The van der Waals surface area contributed by atoms with Crippen LogP contribution < -0.4 is 4.74 Å². The highest BCUT2D eigenvalue weighted by atomic mass is 16.5. The molecule has 0 amide bonds. The second-order valence-electron chi connectivity index (χ2n) is 5.98. The molecule has 128 valence electrons. The summed E-state index contributed by atoms with van der Waals surface area (Å²) in [5.41, 5.74) is 5.66. The second kappa shape index (κ2) is 8.13. The van der Waals surface area contributed by atoms with E-state index in [0.717, 1.165) is 28.3 Å². The van der Waals surface area contributed by atoms with Gasteiger partial charge in [-0.25, -0.2) is 4.79 Å². The molecule has 0 saturated carbocycles. The zero-order chi connectivity index (χ0) is 18.4. The summed E-state index contributed by atoms with van der Waals surface area (Å²) >= 11 is 0. The molecule has 0 fully saturated rings. The molecule has 0 radical (unpaired) electrons. The third-order valence-corrected chi connectivity index (χ3v) is 4.02. The van der Waals surface area contributed by atoms with Crippen LogP contribution in [0.2, 0.25) is 0 Å². The number of aryl methyl sites for hydroxylation is 1. The number of carbonyl (C=O) groups is 1. The van der Waals surface area contributed by atoms with Crippen molar-refractivity contribution in [3.05, 3.63) is 114 Å². The van der Waals surface area contributed by atoms with Gasteiger partial charge in [-0.2, -0.15) is 0 Å². The Balaban J connectivity index is 1.99. The van der Waals surface area contributed by atoms with Crippen molar-refractivity contribution in [3.8, 4) is 5.75 Å². The van der Waals surface area contributed by atoms with Gasteiger partial charge >= 0.3 is 5.97 Å². The van der Waals surface area contributed by atoms with E-state index in [1.54, 1.807) is 12.1 Å². The number of rotatable bonds is 5. The van der Waals surface area contributed by atoms with E-state index >= 15 is 0 Å². The van der Waals surface area contributed by atoms with Crippen molar-refractivity contribution in [2.24, 2.45) is 0 Å². The first-order chi connectivity index (χ1) is 12.7. The van der Waals surface area contributed by atoms with Gasteiger partial charge in [-0.15, -0.1) is 0 Å². The molecule has 3 aromatic rings. The van der Waals surface area contributed by atoms with Crippen LogP contribution in [0.3, 0.4) is 0 Å². The minimum atomic E-state index is -0.462. The topological polar surface area (TPSA) is 26.3 Å². The van der Waals surface area contributed by atoms with Crippen LogP contribution in [0, 0.1) is 6.92 Å². The molecule has 0 aromatic heterocycles. The molecule has 0 N–H and O–H groups in total. The second-order valence-corrected chi connectivity index (χ2v) is 5.98. The standard InChI is InChI=1S/C24H20O2/c1-3-24(25)26-22-15-13-21(14-16-22)23(20-7-5-4-6-8-20)17-19-11-9-18(2)10-12-19/h3-17H,1H2,2H3/b23-17+. The largest absolute Gasteiger partial charge is 0.423 e. The maximum Gasteiger partial charge on any atom is 0.335 e. The lowest BCUT2D eigenvalue weighted by Crippen LogP contribution is -2.02. The van der Waals surface area contributed by atoms with E-state index in [-0.39, 0.29) is 0 Å². The molecule has 26 heavy (non-hydrogen) atoms. The van der Waals surface area contributed by atoms with Crippen LogP contribution in [-0.2, 0) is 4.79 Å². The Labute approximate surface area is 154 Å². The van der Waals surface area contributed by atoms with Crippen molar-refractivity contribution < 1.29 is 9.53 Å². The van der Waals surface area contributed by atoms with E-state index in [0.29, 0.717) is 5.75 Å². The maximum absolute atomic E-state index is 11.3. The zero-order valence-electron chi connectivity index (χ0n) is 14.7. The molecule has 0 atom stereocenters. The van der Waals surface area contributed by atoms with Gasteiger partial charge < -0.3 is 4.74 Å². The Morgan fingerprint density at radius 2 is 1.46 bits per heavy atom. The Morgan fingerprint density at radius 3 is 2.08 bits per heavy atom. The SMILES string of the molecule is C=CC(=O)Oc1ccc(/C(=C/c2ccc(C)cc2)c2ccccc2)cc1. The third-order valence-electron chi connectivity index (χ3n) is 4.02. The quantitative estimate of drug-likeness (QED) is 0.259. The highest BCUT2D eigenvalue weighted by Crippen LogP contribution is 2.27. The van der Waals surface area contributed by atoms with Gasteiger partial charge in [-0.3, -0.25) is 0 Å². The molecule has 0 aliphatic rings. The van der Waals surface area contributed by atoms with Gasteiger partial charge in [0.05, 0.1) is 0 Å². The first-order valence-corrected chi connectivity index (χ1v) is 8.44. The fourth-order valence-corrected chi connectivity index (χ4v) is 2.64. The first kappa shape index (κ1) is 17.4. The average molecular weight is 340 g/mol. The van der Waals surface area contributed by atoms with E-state index in [2.05, 4.69) is 56.0 Å². The van der Waals surface area contributed by atoms with Crippen LogP contribution in [-0.4, -0.2) is 5.97 Å². The maximum atomic E-state index is 11.3. The molecule has 3 aromatic carbocycles. The number of benzene rings is 3. The summed E-state index contributed by atoms with van der Waals surface area (Å²) in [7, 11) is 0. The van der Waals surface area contributed by atoms with E-state index in [9.17, 15) is 4.79 Å². The van der Waals surface area contributed by atoms with E-state index in [1.807, 2.05) is 30.3 Å².